The van der Waals surface area contributed by atoms with E-state index in [-0.39, 0.29) is 0 Å². The SMILES string of the molecule is CC(Cn1nnc2ccc(Br)cc21)C1CC1. The van der Waals surface area contributed by atoms with Gasteiger partial charge < -0.3 is 0 Å². The molecule has 1 heterocycles. The molecule has 1 aliphatic carbocycles. The highest BCUT2D eigenvalue weighted by molar-refractivity contribution is 9.10. The first-order chi connectivity index (χ1) is 7.74. The summed E-state index contributed by atoms with van der Waals surface area (Å²) >= 11 is 3.49. The third-order valence-corrected chi connectivity index (χ3v) is 3.86. The molecule has 4 heteroatoms. The Morgan fingerprint density at radius 1 is 1.50 bits per heavy atom. The summed E-state index contributed by atoms with van der Waals surface area (Å²) < 4.78 is 3.12. The molecule has 16 heavy (non-hydrogen) atoms. The van der Waals surface area contributed by atoms with Crippen molar-refractivity contribution in [2.45, 2.75) is 26.3 Å². The fourth-order valence-corrected chi connectivity index (χ4v) is 2.51. The van der Waals surface area contributed by atoms with Crippen LogP contribution in [-0.2, 0) is 6.54 Å². The summed E-state index contributed by atoms with van der Waals surface area (Å²) in [6, 6.07) is 6.10. The van der Waals surface area contributed by atoms with Crippen molar-refractivity contribution >= 4 is 27.0 Å². The van der Waals surface area contributed by atoms with Gasteiger partial charge in [-0.3, -0.25) is 0 Å². The summed E-state index contributed by atoms with van der Waals surface area (Å²) in [5.41, 5.74) is 2.10. The molecule has 1 fully saturated rings. The summed E-state index contributed by atoms with van der Waals surface area (Å²) in [6.07, 6.45) is 2.77. The molecule has 2 aromatic rings. The van der Waals surface area contributed by atoms with E-state index in [4.69, 9.17) is 0 Å². The van der Waals surface area contributed by atoms with Crippen molar-refractivity contribution in [1.82, 2.24) is 15.0 Å². The number of fused-ring (bicyclic) bond motifs is 1. The van der Waals surface area contributed by atoms with Gasteiger partial charge in [0.05, 0.1) is 5.52 Å². The largest absolute Gasteiger partial charge is 0.244 e. The first-order valence-corrected chi connectivity index (χ1v) is 6.52. The van der Waals surface area contributed by atoms with E-state index in [1.165, 1.54) is 12.8 Å². The molecule has 0 aliphatic heterocycles. The lowest BCUT2D eigenvalue weighted by molar-refractivity contribution is 0.407. The van der Waals surface area contributed by atoms with Crippen LogP contribution >= 0.6 is 15.9 Å². The topological polar surface area (TPSA) is 30.7 Å². The van der Waals surface area contributed by atoms with Crippen LogP contribution in [0, 0.1) is 11.8 Å². The summed E-state index contributed by atoms with van der Waals surface area (Å²) in [4.78, 5) is 0. The van der Waals surface area contributed by atoms with Crippen LogP contribution in [-0.4, -0.2) is 15.0 Å². The van der Waals surface area contributed by atoms with Crippen LogP contribution in [0.5, 0.6) is 0 Å². The average molecular weight is 280 g/mol. The van der Waals surface area contributed by atoms with Gasteiger partial charge in [0.2, 0.25) is 0 Å². The van der Waals surface area contributed by atoms with Gasteiger partial charge in [-0.1, -0.05) is 28.1 Å². The number of aromatic nitrogens is 3. The van der Waals surface area contributed by atoms with Gasteiger partial charge in [0, 0.05) is 11.0 Å². The number of hydrogen-bond acceptors (Lipinski definition) is 2. The minimum absolute atomic E-state index is 0.712. The van der Waals surface area contributed by atoms with Crippen molar-refractivity contribution in [1.29, 1.82) is 0 Å². The normalized spacial score (nSPS) is 17.9. The summed E-state index contributed by atoms with van der Waals surface area (Å²) in [5, 5.41) is 8.42. The second-order valence-electron chi connectivity index (χ2n) is 4.72. The molecule has 1 aromatic heterocycles. The summed E-state index contributed by atoms with van der Waals surface area (Å²) in [5.74, 6) is 1.62. The van der Waals surface area contributed by atoms with Crippen LogP contribution in [0.3, 0.4) is 0 Å². The Kier molecular flexibility index (Phi) is 2.46. The first-order valence-electron chi connectivity index (χ1n) is 5.73. The molecule has 1 unspecified atom stereocenters. The maximum atomic E-state index is 4.23. The van der Waals surface area contributed by atoms with Gasteiger partial charge in [-0.05, 0) is 42.9 Å². The van der Waals surface area contributed by atoms with Gasteiger partial charge in [0.1, 0.15) is 5.52 Å². The summed E-state index contributed by atoms with van der Waals surface area (Å²) in [7, 11) is 0. The minimum Gasteiger partial charge on any atom is -0.244 e. The van der Waals surface area contributed by atoms with E-state index in [1.807, 2.05) is 16.8 Å². The van der Waals surface area contributed by atoms with Gasteiger partial charge in [-0.15, -0.1) is 5.10 Å². The third-order valence-electron chi connectivity index (χ3n) is 3.36. The van der Waals surface area contributed by atoms with Gasteiger partial charge >= 0.3 is 0 Å². The molecule has 1 saturated carbocycles. The van der Waals surface area contributed by atoms with Crippen LogP contribution in [0.25, 0.3) is 11.0 Å². The Hall–Kier alpha value is -0.900. The van der Waals surface area contributed by atoms with E-state index in [9.17, 15) is 0 Å². The van der Waals surface area contributed by atoms with Gasteiger partial charge in [-0.25, -0.2) is 4.68 Å². The van der Waals surface area contributed by atoms with E-state index in [0.29, 0.717) is 5.92 Å². The van der Waals surface area contributed by atoms with E-state index >= 15 is 0 Å². The fourth-order valence-electron chi connectivity index (χ4n) is 2.16. The molecule has 0 amide bonds. The molecule has 3 nitrogen and oxygen atoms in total. The smallest absolute Gasteiger partial charge is 0.113 e. The van der Waals surface area contributed by atoms with Gasteiger partial charge in [0.15, 0.2) is 0 Å². The molecule has 0 N–H and O–H groups in total. The van der Waals surface area contributed by atoms with Crippen molar-refractivity contribution in [3.8, 4) is 0 Å². The van der Waals surface area contributed by atoms with Crippen LogP contribution in [0.2, 0.25) is 0 Å². The molecule has 3 rings (SSSR count). The monoisotopic (exact) mass is 279 g/mol. The highest BCUT2D eigenvalue weighted by Crippen LogP contribution is 2.37. The number of rotatable bonds is 3. The highest BCUT2D eigenvalue weighted by atomic mass is 79.9. The molecule has 0 radical (unpaired) electrons. The van der Waals surface area contributed by atoms with Crippen molar-refractivity contribution in [2.24, 2.45) is 11.8 Å². The lowest BCUT2D eigenvalue weighted by Crippen LogP contribution is -2.10. The Labute approximate surface area is 103 Å². The zero-order chi connectivity index (χ0) is 11.1. The molecular weight excluding hydrogens is 266 g/mol. The second kappa shape index (κ2) is 3.84. The van der Waals surface area contributed by atoms with Crippen LogP contribution < -0.4 is 0 Å². The number of benzene rings is 1. The predicted octanol–water partition coefficient (Wildman–Crippen LogP) is 3.24. The molecule has 0 bridgehead atoms. The van der Waals surface area contributed by atoms with Crippen LogP contribution in [0.15, 0.2) is 22.7 Å². The van der Waals surface area contributed by atoms with E-state index in [0.717, 1.165) is 28.0 Å². The molecule has 1 aromatic carbocycles. The van der Waals surface area contributed by atoms with Gasteiger partial charge in [0.25, 0.3) is 0 Å². The number of halogens is 1. The van der Waals surface area contributed by atoms with Crippen molar-refractivity contribution in [3.05, 3.63) is 22.7 Å². The maximum absolute atomic E-state index is 4.23. The number of nitrogens with zero attached hydrogens (tertiary/aromatic N) is 3. The molecule has 84 valence electrons. The Balaban J connectivity index is 1.93. The fraction of sp³-hybridized carbons (Fsp3) is 0.500. The van der Waals surface area contributed by atoms with Crippen molar-refractivity contribution in [3.63, 3.8) is 0 Å². The molecule has 0 spiro atoms. The van der Waals surface area contributed by atoms with Crippen molar-refractivity contribution < 1.29 is 0 Å². The predicted molar refractivity (Wildman–Crippen MR) is 67.1 cm³/mol. The lowest BCUT2D eigenvalue weighted by atomic mass is 10.1. The average Bonchev–Trinajstić information content (AvgIpc) is 3.04. The zero-order valence-electron chi connectivity index (χ0n) is 9.23. The Morgan fingerprint density at radius 3 is 3.06 bits per heavy atom. The molecule has 1 aliphatic rings. The van der Waals surface area contributed by atoms with E-state index in [1.54, 1.807) is 0 Å². The number of hydrogen-bond donors (Lipinski definition) is 0. The van der Waals surface area contributed by atoms with Gasteiger partial charge in [-0.2, -0.15) is 0 Å². The molecular formula is C12H14BrN3. The van der Waals surface area contributed by atoms with Crippen molar-refractivity contribution in [2.75, 3.05) is 0 Å². The standard InChI is InChI=1S/C12H14BrN3/c1-8(9-2-3-9)7-16-12-6-10(13)4-5-11(12)14-15-16/h4-6,8-9H,2-3,7H2,1H3. The minimum atomic E-state index is 0.712. The Morgan fingerprint density at radius 2 is 2.31 bits per heavy atom. The van der Waals surface area contributed by atoms with Crippen LogP contribution in [0.1, 0.15) is 19.8 Å². The highest BCUT2D eigenvalue weighted by Gasteiger charge is 2.28. The maximum Gasteiger partial charge on any atom is 0.113 e. The third kappa shape index (κ3) is 1.86. The molecule has 0 saturated heterocycles. The Bertz CT molecular complexity index is 516. The quantitative estimate of drug-likeness (QED) is 0.864. The van der Waals surface area contributed by atoms with E-state index < -0.39 is 0 Å². The first kappa shape index (κ1) is 10.3. The zero-order valence-corrected chi connectivity index (χ0v) is 10.8. The second-order valence-corrected chi connectivity index (χ2v) is 5.63. The van der Waals surface area contributed by atoms with Crippen LogP contribution in [0.4, 0.5) is 0 Å². The molecule has 1 atom stereocenters. The lowest BCUT2D eigenvalue weighted by Gasteiger charge is -2.09. The summed E-state index contributed by atoms with van der Waals surface area (Å²) in [6.45, 7) is 3.29. The van der Waals surface area contributed by atoms with E-state index in [2.05, 4.69) is 39.2 Å².